The van der Waals surface area contributed by atoms with Crippen molar-refractivity contribution in [2.45, 2.75) is 19.8 Å². The Balaban J connectivity index is 2.28. The van der Waals surface area contributed by atoms with Gasteiger partial charge in [-0.2, -0.15) is 0 Å². The average molecular weight is 186 g/mol. The standard InChI is InChI=1S/C9H18N2O2/c1-9(2-4-13-5-3-9)7-11-8(12)6-10/h2-7,10H2,1H3,(H,11,12). The molecule has 0 aromatic rings. The summed E-state index contributed by atoms with van der Waals surface area (Å²) < 4.78 is 5.26. The molecule has 0 aliphatic carbocycles. The lowest BCUT2D eigenvalue weighted by Crippen LogP contribution is -2.41. The zero-order valence-corrected chi connectivity index (χ0v) is 8.14. The highest BCUT2D eigenvalue weighted by Crippen LogP contribution is 2.28. The molecule has 0 aromatic heterocycles. The molecule has 4 heteroatoms. The Labute approximate surface area is 78.8 Å². The van der Waals surface area contributed by atoms with E-state index >= 15 is 0 Å². The molecular formula is C9H18N2O2. The van der Waals surface area contributed by atoms with E-state index < -0.39 is 0 Å². The third-order valence-electron chi connectivity index (χ3n) is 2.60. The number of nitrogens with two attached hydrogens (primary N) is 1. The highest BCUT2D eigenvalue weighted by Gasteiger charge is 2.27. The molecule has 4 nitrogen and oxygen atoms in total. The Morgan fingerprint density at radius 3 is 2.69 bits per heavy atom. The lowest BCUT2D eigenvalue weighted by Gasteiger charge is -2.33. The maximum Gasteiger partial charge on any atom is 0.233 e. The van der Waals surface area contributed by atoms with E-state index in [1.807, 2.05) is 0 Å². The molecule has 1 aliphatic heterocycles. The monoisotopic (exact) mass is 186 g/mol. The summed E-state index contributed by atoms with van der Waals surface area (Å²) >= 11 is 0. The largest absolute Gasteiger partial charge is 0.381 e. The van der Waals surface area contributed by atoms with Gasteiger partial charge in [-0.1, -0.05) is 6.92 Å². The minimum absolute atomic E-state index is 0.0760. The highest BCUT2D eigenvalue weighted by molar-refractivity contribution is 5.77. The smallest absolute Gasteiger partial charge is 0.233 e. The van der Waals surface area contributed by atoms with Crippen molar-refractivity contribution < 1.29 is 9.53 Å². The number of ether oxygens (including phenoxy) is 1. The van der Waals surface area contributed by atoms with Crippen molar-refractivity contribution in [3.8, 4) is 0 Å². The quantitative estimate of drug-likeness (QED) is 0.645. The van der Waals surface area contributed by atoms with Gasteiger partial charge in [0.15, 0.2) is 0 Å². The van der Waals surface area contributed by atoms with Crippen molar-refractivity contribution in [1.82, 2.24) is 5.32 Å². The van der Waals surface area contributed by atoms with E-state index in [-0.39, 0.29) is 17.9 Å². The number of nitrogens with one attached hydrogen (secondary N) is 1. The third-order valence-corrected chi connectivity index (χ3v) is 2.60. The van der Waals surface area contributed by atoms with Crippen molar-refractivity contribution in [1.29, 1.82) is 0 Å². The first-order valence-corrected chi connectivity index (χ1v) is 4.71. The van der Waals surface area contributed by atoms with Gasteiger partial charge in [-0.3, -0.25) is 4.79 Å². The van der Waals surface area contributed by atoms with Crippen LogP contribution in [0.4, 0.5) is 0 Å². The molecule has 0 unspecified atom stereocenters. The average Bonchev–Trinajstić information content (AvgIpc) is 2.15. The number of carbonyl (C=O) groups is 1. The second-order valence-electron chi connectivity index (χ2n) is 3.90. The maximum atomic E-state index is 10.9. The summed E-state index contributed by atoms with van der Waals surface area (Å²) in [4.78, 5) is 10.9. The molecule has 13 heavy (non-hydrogen) atoms. The summed E-state index contributed by atoms with van der Waals surface area (Å²) in [6.45, 7) is 4.56. The second-order valence-corrected chi connectivity index (χ2v) is 3.90. The molecule has 0 spiro atoms. The second kappa shape index (κ2) is 4.58. The van der Waals surface area contributed by atoms with Gasteiger partial charge in [-0.25, -0.2) is 0 Å². The first-order valence-electron chi connectivity index (χ1n) is 4.71. The van der Waals surface area contributed by atoms with Crippen LogP contribution in [0.3, 0.4) is 0 Å². The lowest BCUT2D eigenvalue weighted by molar-refractivity contribution is -0.120. The van der Waals surface area contributed by atoms with Crippen LogP contribution in [0, 0.1) is 5.41 Å². The number of amides is 1. The molecule has 0 bridgehead atoms. The normalized spacial score (nSPS) is 21.1. The van der Waals surface area contributed by atoms with E-state index in [4.69, 9.17) is 10.5 Å². The molecule has 0 radical (unpaired) electrons. The van der Waals surface area contributed by atoms with Crippen molar-refractivity contribution in [3.63, 3.8) is 0 Å². The van der Waals surface area contributed by atoms with Crippen LogP contribution in [-0.4, -0.2) is 32.2 Å². The predicted octanol–water partition coefficient (Wildman–Crippen LogP) is -0.122. The number of hydrogen-bond acceptors (Lipinski definition) is 3. The van der Waals surface area contributed by atoms with Gasteiger partial charge in [-0.05, 0) is 18.3 Å². The van der Waals surface area contributed by atoms with Crippen LogP contribution in [0.5, 0.6) is 0 Å². The van der Waals surface area contributed by atoms with Gasteiger partial charge in [0, 0.05) is 19.8 Å². The van der Waals surface area contributed by atoms with E-state index in [0.29, 0.717) is 6.54 Å². The fourth-order valence-corrected chi connectivity index (χ4v) is 1.43. The minimum atomic E-state index is -0.0762. The molecule has 1 amide bonds. The topological polar surface area (TPSA) is 64.4 Å². The summed E-state index contributed by atoms with van der Waals surface area (Å²) in [5, 5.41) is 2.82. The fourth-order valence-electron chi connectivity index (χ4n) is 1.43. The first-order chi connectivity index (χ1) is 6.16. The van der Waals surface area contributed by atoms with Crippen LogP contribution in [0.15, 0.2) is 0 Å². The summed E-state index contributed by atoms with van der Waals surface area (Å²) in [6, 6.07) is 0. The van der Waals surface area contributed by atoms with E-state index in [1.54, 1.807) is 0 Å². The van der Waals surface area contributed by atoms with Gasteiger partial charge in [0.2, 0.25) is 5.91 Å². The Morgan fingerprint density at radius 1 is 1.54 bits per heavy atom. The van der Waals surface area contributed by atoms with Crippen LogP contribution in [0.25, 0.3) is 0 Å². The molecule has 3 N–H and O–H groups in total. The number of rotatable bonds is 3. The predicted molar refractivity (Wildman–Crippen MR) is 50.2 cm³/mol. The molecule has 0 aromatic carbocycles. The van der Waals surface area contributed by atoms with Crippen LogP contribution >= 0.6 is 0 Å². The number of carbonyl (C=O) groups excluding carboxylic acids is 1. The summed E-state index contributed by atoms with van der Waals surface area (Å²) in [7, 11) is 0. The minimum Gasteiger partial charge on any atom is -0.381 e. The lowest BCUT2D eigenvalue weighted by atomic mass is 9.82. The Morgan fingerprint density at radius 2 is 2.15 bits per heavy atom. The number of hydrogen-bond donors (Lipinski definition) is 2. The van der Waals surface area contributed by atoms with Crippen molar-refractivity contribution in [3.05, 3.63) is 0 Å². The van der Waals surface area contributed by atoms with Gasteiger partial charge in [0.05, 0.1) is 6.54 Å². The Hall–Kier alpha value is -0.610. The molecule has 1 rings (SSSR count). The zero-order valence-electron chi connectivity index (χ0n) is 8.14. The Kier molecular flexibility index (Phi) is 3.69. The summed E-state index contributed by atoms with van der Waals surface area (Å²) in [5.41, 5.74) is 5.39. The van der Waals surface area contributed by atoms with E-state index in [9.17, 15) is 4.79 Å². The molecule has 0 saturated carbocycles. The van der Waals surface area contributed by atoms with E-state index in [0.717, 1.165) is 26.1 Å². The summed E-state index contributed by atoms with van der Waals surface area (Å²) in [5.74, 6) is -0.0762. The first kappa shape index (κ1) is 10.5. The van der Waals surface area contributed by atoms with Gasteiger partial charge >= 0.3 is 0 Å². The van der Waals surface area contributed by atoms with Gasteiger partial charge < -0.3 is 15.8 Å². The van der Waals surface area contributed by atoms with Crippen LogP contribution in [0.1, 0.15) is 19.8 Å². The van der Waals surface area contributed by atoms with Crippen molar-refractivity contribution >= 4 is 5.91 Å². The van der Waals surface area contributed by atoms with Gasteiger partial charge in [0.25, 0.3) is 0 Å². The van der Waals surface area contributed by atoms with Gasteiger partial charge in [-0.15, -0.1) is 0 Å². The fraction of sp³-hybridized carbons (Fsp3) is 0.889. The molecule has 1 saturated heterocycles. The third kappa shape index (κ3) is 3.32. The Bertz CT molecular complexity index is 176. The highest BCUT2D eigenvalue weighted by atomic mass is 16.5. The van der Waals surface area contributed by atoms with Crippen LogP contribution < -0.4 is 11.1 Å². The van der Waals surface area contributed by atoms with E-state index in [2.05, 4.69) is 12.2 Å². The zero-order chi connectivity index (χ0) is 9.73. The molecule has 1 fully saturated rings. The maximum absolute atomic E-state index is 10.9. The molecule has 76 valence electrons. The molecule has 1 heterocycles. The van der Waals surface area contributed by atoms with Crippen molar-refractivity contribution in [2.24, 2.45) is 11.1 Å². The SMILES string of the molecule is CC1(CNC(=O)CN)CCOCC1. The molecule has 1 aliphatic rings. The molecule has 0 atom stereocenters. The van der Waals surface area contributed by atoms with Crippen LogP contribution in [-0.2, 0) is 9.53 Å². The summed E-state index contributed by atoms with van der Waals surface area (Å²) in [6.07, 6.45) is 2.02. The van der Waals surface area contributed by atoms with E-state index in [1.165, 1.54) is 0 Å². The van der Waals surface area contributed by atoms with Gasteiger partial charge in [0.1, 0.15) is 0 Å². The molecular weight excluding hydrogens is 168 g/mol. The van der Waals surface area contributed by atoms with Crippen LogP contribution in [0.2, 0.25) is 0 Å². The van der Waals surface area contributed by atoms with Crippen molar-refractivity contribution in [2.75, 3.05) is 26.3 Å².